The molecule has 0 spiro atoms. The lowest BCUT2D eigenvalue weighted by atomic mass is 10.2. The molecule has 172 valence electrons. The van der Waals surface area contributed by atoms with Crippen LogP contribution in [0.2, 0.25) is 0 Å². The number of aromatic amines is 1. The number of pyridine rings is 1. The van der Waals surface area contributed by atoms with Gasteiger partial charge >= 0.3 is 0 Å². The van der Waals surface area contributed by atoms with Crippen LogP contribution in [0.1, 0.15) is 21.7 Å². The molecule has 2 heterocycles. The molecule has 2 N–H and O–H groups in total. The summed E-state index contributed by atoms with van der Waals surface area (Å²) in [6, 6.07) is 26.8. The van der Waals surface area contributed by atoms with E-state index < -0.39 is 0 Å². The first-order valence-corrected chi connectivity index (χ1v) is 11.8. The Balaban J connectivity index is 1.34. The summed E-state index contributed by atoms with van der Waals surface area (Å²) < 4.78 is 5.18. The van der Waals surface area contributed by atoms with Crippen LogP contribution in [0.5, 0.6) is 5.75 Å². The zero-order valence-corrected chi connectivity index (χ0v) is 19.8. The topological polar surface area (TPSA) is 79.9 Å². The molecular weight excluding hydrogens is 456 g/mol. The van der Waals surface area contributed by atoms with Crippen molar-refractivity contribution in [1.82, 2.24) is 15.2 Å². The van der Waals surface area contributed by atoms with Crippen molar-refractivity contribution < 1.29 is 9.53 Å². The Morgan fingerprint density at radius 3 is 2.60 bits per heavy atom. The van der Waals surface area contributed by atoms with Crippen LogP contribution in [0.15, 0.2) is 101 Å². The maximum atomic E-state index is 13.0. The van der Waals surface area contributed by atoms with E-state index in [-0.39, 0.29) is 5.91 Å². The number of nitrogens with zero attached hydrogens (tertiary/aromatic N) is 2. The van der Waals surface area contributed by atoms with Crippen LogP contribution in [0, 0.1) is 0 Å². The number of H-pyrrole nitrogens is 1. The molecular formula is C28H22N4O2S. The SMILES string of the molecule is COc1ccc(NC(=O)c2ccccc2Sc2ccc3c(/C=C/c4ccccn4)n[nH]c3c2)cc1. The molecule has 6 nitrogen and oxygen atoms in total. The zero-order chi connectivity index (χ0) is 24.0. The molecule has 0 atom stereocenters. The minimum atomic E-state index is -0.164. The number of methoxy groups -OCH3 is 1. The lowest BCUT2D eigenvalue weighted by Crippen LogP contribution is -2.12. The van der Waals surface area contributed by atoms with Gasteiger partial charge in [0.25, 0.3) is 5.91 Å². The van der Waals surface area contributed by atoms with E-state index in [1.54, 1.807) is 13.3 Å². The average Bonchev–Trinajstić information content (AvgIpc) is 3.31. The third-order valence-electron chi connectivity index (χ3n) is 5.37. The molecule has 3 aromatic carbocycles. The molecule has 0 saturated heterocycles. The van der Waals surface area contributed by atoms with E-state index in [1.807, 2.05) is 97.1 Å². The van der Waals surface area contributed by atoms with Crippen LogP contribution < -0.4 is 10.1 Å². The Hall–Kier alpha value is -4.36. The van der Waals surface area contributed by atoms with Crippen LogP contribution in [-0.2, 0) is 0 Å². The van der Waals surface area contributed by atoms with E-state index >= 15 is 0 Å². The van der Waals surface area contributed by atoms with Crippen molar-refractivity contribution in [2.24, 2.45) is 0 Å². The van der Waals surface area contributed by atoms with Crippen molar-refractivity contribution >= 4 is 46.4 Å². The second-order valence-corrected chi connectivity index (χ2v) is 8.80. The van der Waals surface area contributed by atoms with Crippen LogP contribution in [-0.4, -0.2) is 28.2 Å². The van der Waals surface area contributed by atoms with Crippen molar-refractivity contribution in [3.63, 3.8) is 0 Å². The monoisotopic (exact) mass is 478 g/mol. The number of nitrogens with one attached hydrogen (secondary N) is 2. The van der Waals surface area contributed by atoms with Gasteiger partial charge in [0.2, 0.25) is 0 Å². The number of amides is 1. The molecule has 0 aliphatic rings. The highest BCUT2D eigenvalue weighted by atomic mass is 32.2. The molecule has 5 rings (SSSR count). The van der Waals surface area contributed by atoms with Crippen molar-refractivity contribution in [2.45, 2.75) is 9.79 Å². The number of anilines is 1. The Morgan fingerprint density at radius 1 is 0.971 bits per heavy atom. The summed E-state index contributed by atoms with van der Waals surface area (Å²) in [4.78, 5) is 19.2. The van der Waals surface area contributed by atoms with Gasteiger partial charge in [-0.3, -0.25) is 14.9 Å². The van der Waals surface area contributed by atoms with Crippen LogP contribution in [0.4, 0.5) is 5.69 Å². The summed E-state index contributed by atoms with van der Waals surface area (Å²) in [7, 11) is 1.61. The van der Waals surface area contributed by atoms with Gasteiger partial charge in [-0.15, -0.1) is 0 Å². The molecule has 5 aromatic rings. The first-order valence-electron chi connectivity index (χ1n) is 11.0. The average molecular weight is 479 g/mol. The van der Waals surface area contributed by atoms with E-state index in [0.29, 0.717) is 11.3 Å². The number of benzene rings is 3. The van der Waals surface area contributed by atoms with Gasteiger partial charge in [-0.1, -0.05) is 30.0 Å². The lowest BCUT2D eigenvalue weighted by molar-refractivity contribution is 0.102. The Labute approximate surface area is 207 Å². The molecule has 0 unspecified atom stereocenters. The molecule has 35 heavy (non-hydrogen) atoms. The summed E-state index contributed by atoms with van der Waals surface area (Å²) >= 11 is 1.54. The molecule has 7 heteroatoms. The van der Waals surface area contributed by atoms with Crippen molar-refractivity contribution in [2.75, 3.05) is 12.4 Å². The normalized spacial score (nSPS) is 11.1. The number of rotatable bonds is 7. The molecule has 0 fully saturated rings. The fourth-order valence-electron chi connectivity index (χ4n) is 3.59. The molecule has 0 saturated carbocycles. The Kier molecular flexibility index (Phi) is 6.59. The number of hydrogen-bond acceptors (Lipinski definition) is 5. The van der Waals surface area contributed by atoms with E-state index in [9.17, 15) is 4.79 Å². The second kappa shape index (κ2) is 10.3. The van der Waals surface area contributed by atoms with Crippen LogP contribution >= 0.6 is 11.8 Å². The summed E-state index contributed by atoms with van der Waals surface area (Å²) in [5.74, 6) is 0.575. The smallest absolute Gasteiger partial charge is 0.256 e. The third-order valence-corrected chi connectivity index (χ3v) is 6.44. The molecule has 0 aliphatic heterocycles. The summed E-state index contributed by atoms with van der Waals surface area (Å²) in [6.45, 7) is 0. The van der Waals surface area contributed by atoms with Crippen LogP contribution in [0.3, 0.4) is 0 Å². The van der Waals surface area contributed by atoms with Crippen molar-refractivity contribution in [3.8, 4) is 5.75 Å². The largest absolute Gasteiger partial charge is 0.497 e. The Morgan fingerprint density at radius 2 is 1.80 bits per heavy atom. The first kappa shape index (κ1) is 22.4. The highest BCUT2D eigenvalue weighted by Gasteiger charge is 2.13. The summed E-state index contributed by atoms with van der Waals surface area (Å²) in [5.41, 5.74) is 3.97. The van der Waals surface area contributed by atoms with Gasteiger partial charge in [0, 0.05) is 27.1 Å². The van der Waals surface area contributed by atoms with E-state index in [1.165, 1.54) is 11.8 Å². The predicted molar refractivity (Wildman–Crippen MR) is 141 cm³/mol. The number of ether oxygens (including phenoxy) is 1. The standard InChI is InChI=1S/C28H22N4O2S/c1-34-21-12-9-20(10-13-21)30-28(33)24-7-2-3-8-27(24)35-22-14-15-23-25(31-32-26(23)18-22)16-11-19-6-4-5-17-29-19/h2-18H,1H3,(H,30,33)(H,31,32)/b16-11+. The van der Waals surface area contributed by atoms with Crippen molar-refractivity contribution in [3.05, 3.63) is 108 Å². The van der Waals surface area contributed by atoms with Gasteiger partial charge in [0.05, 0.1) is 29.6 Å². The van der Waals surface area contributed by atoms with Crippen molar-refractivity contribution in [1.29, 1.82) is 0 Å². The minimum absolute atomic E-state index is 0.164. The van der Waals surface area contributed by atoms with Crippen LogP contribution in [0.25, 0.3) is 23.1 Å². The highest BCUT2D eigenvalue weighted by Crippen LogP contribution is 2.33. The van der Waals surface area contributed by atoms with Gasteiger partial charge < -0.3 is 10.1 Å². The van der Waals surface area contributed by atoms with E-state index in [0.717, 1.165) is 37.8 Å². The molecule has 1 amide bonds. The first-order chi connectivity index (χ1) is 17.2. The molecule has 2 aromatic heterocycles. The second-order valence-electron chi connectivity index (χ2n) is 7.69. The molecule has 0 bridgehead atoms. The third kappa shape index (κ3) is 5.26. The van der Waals surface area contributed by atoms with E-state index in [4.69, 9.17) is 4.74 Å². The number of hydrogen-bond donors (Lipinski definition) is 2. The number of carbonyl (C=O) groups excluding carboxylic acids is 1. The maximum absolute atomic E-state index is 13.0. The quantitative estimate of drug-likeness (QED) is 0.278. The van der Waals surface area contributed by atoms with Gasteiger partial charge in [-0.05, 0) is 78.9 Å². The predicted octanol–water partition coefficient (Wildman–Crippen LogP) is 6.54. The number of carbonyl (C=O) groups is 1. The van der Waals surface area contributed by atoms with Gasteiger partial charge in [-0.2, -0.15) is 5.10 Å². The lowest BCUT2D eigenvalue weighted by Gasteiger charge is -2.10. The van der Waals surface area contributed by atoms with Gasteiger partial charge in [0.1, 0.15) is 5.75 Å². The van der Waals surface area contributed by atoms with Gasteiger partial charge in [-0.25, -0.2) is 0 Å². The highest BCUT2D eigenvalue weighted by molar-refractivity contribution is 7.99. The molecule has 0 radical (unpaired) electrons. The number of aromatic nitrogens is 3. The van der Waals surface area contributed by atoms with Gasteiger partial charge in [0.15, 0.2) is 0 Å². The summed E-state index contributed by atoms with van der Waals surface area (Å²) in [6.07, 6.45) is 5.66. The minimum Gasteiger partial charge on any atom is -0.497 e. The maximum Gasteiger partial charge on any atom is 0.256 e. The molecule has 0 aliphatic carbocycles. The number of fused-ring (bicyclic) bond motifs is 1. The zero-order valence-electron chi connectivity index (χ0n) is 18.9. The fourth-order valence-corrected chi connectivity index (χ4v) is 4.58. The Bertz CT molecular complexity index is 1490. The summed E-state index contributed by atoms with van der Waals surface area (Å²) in [5, 5.41) is 11.5. The fraction of sp³-hybridized carbons (Fsp3) is 0.0357. The van der Waals surface area contributed by atoms with E-state index in [2.05, 4.69) is 20.5 Å².